The molecule has 0 amide bonds. The number of rotatable bonds is 6. The molecule has 1 aliphatic heterocycles. The van der Waals surface area contributed by atoms with Crippen LogP contribution in [-0.4, -0.2) is 37.0 Å². The van der Waals surface area contributed by atoms with Gasteiger partial charge in [0.25, 0.3) is 0 Å². The molecular weight excluding hydrogens is 447 g/mol. The number of sulfonamides is 1. The van der Waals surface area contributed by atoms with Crippen LogP contribution in [0.15, 0.2) is 57.8 Å². The fourth-order valence-electron chi connectivity index (χ4n) is 3.14. The standard InChI is InChI=1S/C20H18ClFN4O2S2/c21-17-7-4-8-18(22)16(17)12-23-25-20-24-19(13-29-20)14-5-3-6-15(11-14)30(27,28)26-9-1-2-10-26/h3-8,11-13H,1-2,9-10H2,(H,24,25). The number of hydrogen-bond acceptors (Lipinski definition) is 6. The van der Waals surface area contributed by atoms with Crippen LogP contribution < -0.4 is 5.43 Å². The lowest BCUT2D eigenvalue weighted by Gasteiger charge is -2.15. The molecule has 10 heteroatoms. The van der Waals surface area contributed by atoms with Crippen LogP contribution in [-0.2, 0) is 10.0 Å². The molecule has 0 atom stereocenters. The largest absolute Gasteiger partial charge is 0.253 e. The summed E-state index contributed by atoms with van der Waals surface area (Å²) in [6.07, 6.45) is 3.07. The second-order valence-electron chi connectivity index (χ2n) is 6.68. The van der Waals surface area contributed by atoms with Crippen LogP contribution in [0.5, 0.6) is 0 Å². The lowest BCUT2D eigenvalue weighted by atomic mass is 10.2. The topological polar surface area (TPSA) is 74.7 Å². The van der Waals surface area contributed by atoms with Crippen molar-refractivity contribution in [1.82, 2.24) is 9.29 Å². The van der Waals surface area contributed by atoms with E-state index in [-0.39, 0.29) is 15.5 Å². The summed E-state index contributed by atoms with van der Waals surface area (Å²) in [5.41, 5.74) is 4.26. The van der Waals surface area contributed by atoms with Crippen LogP contribution in [0.1, 0.15) is 18.4 Å². The lowest BCUT2D eigenvalue weighted by Crippen LogP contribution is -2.27. The van der Waals surface area contributed by atoms with Crippen LogP contribution in [0.3, 0.4) is 0 Å². The van der Waals surface area contributed by atoms with Crippen molar-refractivity contribution < 1.29 is 12.8 Å². The summed E-state index contributed by atoms with van der Waals surface area (Å²) in [6.45, 7) is 1.11. The molecule has 0 saturated carbocycles. The minimum Gasteiger partial charge on any atom is -0.253 e. The van der Waals surface area contributed by atoms with Gasteiger partial charge in [-0.15, -0.1) is 11.3 Å². The van der Waals surface area contributed by atoms with E-state index in [1.54, 1.807) is 29.6 Å². The fourth-order valence-corrected chi connectivity index (χ4v) is 5.58. The van der Waals surface area contributed by atoms with E-state index in [1.165, 1.54) is 34.0 Å². The Hall–Kier alpha value is -2.33. The second kappa shape index (κ2) is 8.81. The number of hydrazone groups is 1. The van der Waals surface area contributed by atoms with Crippen LogP contribution in [0.4, 0.5) is 9.52 Å². The minimum atomic E-state index is -3.49. The van der Waals surface area contributed by atoms with Crippen molar-refractivity contribution in [3.05, 3.63) is 64.2 Å². The van der Waals surface area contributed by atoms with Gasteiger partial charge in [-0.1, -0.05) is 29.8 Å². The van der Waals surface area contributed by atoms with Crippen LogP contribution in [0.25, 0.3) is 11.3 Å². The van der Waals surface area contributed by atoms with E-state index >= 15 is 0 Å². The van der Waals surface area contributed by atoms with E-state index in [2.05, 4.69) is 15.5 Å². The van der Waals surface area contributed by atoms with Gasteiger partial charge < -0.3 is 0 Å². The first-order valence-electron chi connectivity index (χ1n) is 9.24. The summed E-state index contributed by atoms with van der Waals surface area (Å²) in [5, 5.41) is 6.54. The Bertz CT molecular complexity index is 1170. The summed E-state index contributed by atoms with van der Waals surface area (Å²) >= 11 is 7.27. The molecule has 1 saturated heterocycles. The number of benzene rings is 2. The van der Waals surface area contributed by atoms with Gasteiger partial charge in [-0.2, -0.15) is 9.41 Å². The predicted molar refractivity (Wildman–Crippen MR) is 118 cm³/mol. The molecule has 0 radical (unpaired) electrons. The Morgan fingerprint density at radius 2 is 1.97 bits per heavy atom. The van der Waals surface area contributed by atoms with Crippen LogP contribution in [0.2, 0.25) is 5.02 Å². The highest BCUT2D eigenvalue weighted by atomic mass is 35.5. The average molecular weight is 465 g/mol. The Labute approximate surface area is 183 Å². The van der Waals surface area contributed by atoms with Crippen molar-refractivity contribution in [2.75, 3.05) is 18.5 Å². The number of hydrogen-bond donors (Lipinski definition) is 1. The fraction of sp³-hybridized carbons (Fsp3) is 0.200. The zero-order chi connectivity index (χ0) is 21.1. The molecule has 1 aliphatic rings. The van der Waals surface area contributed by atoms with Gasteiger partial charge >= 0.3 is 0 Å². The zero-order valence-corrected chi connectivity index (χ0v) is 18.1. The van der Waals surface area contributed by atoms with E-state index in [9.17, 15) is 12.8 Å². The third-order valence-corrected chi connectivity index (χ3v) is 7.66. The minimum absolute atomic E-state index is 0.184. The van der Waals surface area contributed by atoms with E-state index in [4.69, 9.17) is 11.6 Å². The molecule has 6 nitrogen and oxygen atoms in total. The molecule has 2 aromatic carbocycles. The average Bonchev–Trinajstić information content (AvgIpc) is 3.43. The third-order valence-electron chi connectivity index (χ3n) is 4.69. The molecule has 0 spiro atoms. The van der Waals surface area contributed by atoms with Crippen molar-refractivity contribution >= 4 is 44.3 Å². The quantitative estimate of drug-likeness (QED) is 0.418. The van der Waals surface area contributed by atoms with Crippen molar-refractivity contribution in [2.24, 2.45) is 5.10 Å². The van der Waals surface area contributed by atoms with Crippen LogP contribution in [0, 0.1) is 5.82 Å². The monoisotopic (exact) mass is 464 g/mol. The van der Waals surface area contributed by atoms with Crippen molar-refractivity contribution in [3.63, 3.8) is 0 Å². The normalized spacial score (nSPS) is 15.1. The number of nitrogens with zero attached hydrogens (tertiary/aromatic N) is 3. The molecule has 0 unspecified atom stereocenters. The predicted octanol–water partition coefficient (Wildman–Crippen LogP) is 4.83. The maximum absolute atomic E-state index is 13.8. The Kier molecular flexibility index (Phi) is 6.14. The molecule has 1 N–H and O–H groups in total. The number of anilines is 1. The van der Waals surface area contributed by atoms with E-state index in [0.29, 0.717) is 29.5 Å². The molecule has 30 heavy (non-hydrogen) atoms. The maximum Gasteiger partial charge on any atom is 0.243 e. The Balaban J connectivity index is 1.51. The molecule has 0 aliphatic carbocycles. The van der Waals surface area contributed by atoms with Gasteiger partial charge in [-0.3, -0.25) is 5.43 Å². The summed E-state index contributed by atoms with van der Waals surface area (Å²) in [5.74, 6) is -0.469. The van der Waals surface area contributed by atoms with Crippen molar-refractivity contribution in [3.8, 4) is 11.3 Å². The Morgan fingerprint density at radius 3 is 2.73 bits per heavy atom. The van der Waals surface area contributed by atoms with Gasteiger partial charge in [-0.25, -0.2) is 17.8 Å². The van der Waals surface area contributed by atoms with E-state index in [0.717, 1.165) is 12.8 Å². The molecule has 1 aromatic heterocycles. The van der Waals surface area contributed by atoms with Gasteiger partial charge in [0.1, 0.15) is 5.82 Å². The second-order valence-corrected chi connectivity index (χ2v) is 9.89. The molecular formula is C20H18ClFN4O2S2. The van der Waals surface area contributed by atoms with Gasteiger partial charge in [0.15, 0.2) is 0 Å². The number of aromatic nitrogens is 1. The van der Waals surface area contributed by atoms with E-state index < -0.39 is 15.8 Å². The van der Waals surface area contributed by atoms with Crippen LogP contribution >= 0.6 is 22.9 Å². The number of nitrogens with one attached hydrogen (secondary N) is 1. The smallest absolute Gasteiger partial charge is 0.243 e. The highest BCUT2D eigenvalue weighted by molar-refractivity contribution is 7.89. The third kappa shape index (κ3) is 4.39. The number of halogens is 2. The van der Waals surface area contributed by atoms with Gasteiger partial charge in [0.2, 0.25) is 15.2 Å². The maximum atomic E-state index is 13.8. The van der Waals surface area contributed by atoms with Gasteiger partial charge in [-0.05, 0) is 37.1 Å². The SMILES string of the molecule is O=S(=O)(c1cccc(-c2csc(NN=Cc3c(F)cccc3Cl)n2)c1)N1CCCC1. The summed E-state index contributed by atoms with van der Waals surface area (Å²) in [4.78, 5) is 4.70. The zero-order valence-electron chi connectivity index (χ0n) is 15.8. The van der Waals surface area contributed by atoms with Gasteiger partial charge in [0, 0.05) is 29.6 Å². The first-order valence-corrected chi connectivity index (χ1v) is 11.9. The Morgan fingerprint density at radius 1 is 1.20 bits per heavy atom. The summed E-state index contributed by atoms with van der Waals surface area (Å²) < 4.78 is 40.9. The number of thiazole rings is 1. The molecule has 2 heterocycles. The van der Waals surface area contributed by atoms with Crippen molar-refractivity contribution in [2.45, 2.75) is 17.7 Å². The molecule has 3 aromatic rings. The lowest BCUT2D eigenvalue weighted by molar-refractivity contribution is 0.477. The first kappa shape index (κ1) is 20.9. The van der Waals surface area contributed by atoms with E-state index in [1.807, 2.05) is 6.07 Å². The molecule has 4 rings (SSSR count). The van der Waals surface area contributed by atoms with Crippen molar-refractivity contribution in [1.29, 1.82) is 0 Å². The molecule has 1 fully saturated rings. The van der Waals surface area contributed by atoms with Gasteiger partial charge in [0.05, 0.1) is 21.8 Å². The summed E-state index contributed by atoms with van der Waals surface area (Å²) in [7, 11) is -3.49. The highest BCUT2D eigenvalue weighted by Crippen LogP contribution is 2.28. The summed E-state index contributed by atoms with van der Waals surface area (Å²) in [6, 6.07) is 11.2. The molecule has 156 valence electrons. The highest BCUT2D eigenvalue weighted by Gasteiger charge is 2.27. The molecule has 0 bridgehead atoms. The first-order chi connectivity index (χ1) is 14.4.